The number of carbonyl (C=O) groups is 1. The maximum absolute atomic E-state index is 12.0. The van der Waals surface area contributed by atoms with Crippen molar-refractivity contribution < 1.29 is 14.3 Å². The monoisotopic (exact) mass is 280 g/mol. The number of hydrogen-bond acceptors (Lipinski definition) is 4. The molecule has 1 amide bonds. The predicted octanol–water partition coefficient (Wildman–Crippen LogP) is 0.798. The second-order valence-corrected chi connectivity index (χ2v) is 4.68. The van der Waals surface area contributed by atoms with Gasteiger partial charge in [-0.15, -0.1) is 12.4 Å². The van der Waals surface area contributed by atoms with Crippen molar-refractivity contribution in [1.29, 1.82) is 0 Å². The van der Waals surface area contributed by atoms with Crippen LogP contribution in [0.15, 0.2) is 0 Å². The molecule has 0 aromatic carbocycles. The van der Waals surface area contributed by atoms with Crippen LogP contribution in [0.2, 0.25) is 0 Å². The Balaban J connectivity index is 0.00000289. The van der Waals surface area contributed by atoms with Crippen molar-refractivity contribution in [2.24, 2.45) is 5.73 Å². The molecular formula is C12H25ClN2O3. The Labute approximate surface area is 115 Å². The van der Waals surface area contributed by atoms with Crippen molar-refractivity contribution in [3.8, 4) is 0 Å². The number of ether oxygens (including phenoxy) is 2. The highest BCUT2D eigenvalue weighted by atomic mass is 35.5. The van der Waals surface area contributed by atoms with Gasteiger partial charge in [0.1, 0.15) is 6.04 Å². The highest BCUT2D eigenvalue weighted by molar-refractivity contribution is 5.85. The average Bonchev–Trinajstić information content (AvgIpc) is 2.37. The molecule has 0 radical (unpaired) electrons. The molecule has 0 saturated heterocycles. The molecule has 0 spiro atoms. The van der Waals surface area contributed by atoms with E-state index in [1.807, 2.05) is 7.05 Å². The maximum atomic E-state index is 12.0. The van der Waals surface area contributed by atoms with Gasteiger partial charge in [0, 0.05) is 27.3 Å². The molecule has 108 valence electrons. The van der Waals surface area contributed by atoms with E-state index in [2.05, 4.69) is 0 Å². The van der Waals surface area contributed by atoms with E-state index in [1.165, 1.54) is 0 Å². The number of hydrogen-bond donors (Lipinski definition) is 1. The highest BCUT2D eigenvalue weighted by Gasteiger charge is 2.28. The molecule has 0 aromatic heterocycles. The molecule has 0 heterocycles. The van der Waals surface area contributed by atoms with Crippen molar-refractivity contribution in [3.05, 3.63) is 0 Å². The Morgan fingerprint density at radius 3 is 2.33 bits per heavy atom. The van der Waals surface area contributed by atoms with Gasteiger partial charge in [-0.3, -0.25) is 4.79 Å². The van der Waals surface area contributed by atoms with E-state index in [9.17, 15) is 4.79 Å². The van der Waals surface area contributed by atoms with Gasteiger partial charge >= 0.3 is 0 Å². The fourth-order valence-electron chi connectivity index (χ4n) is 2.36. The fraction of sp³-hybridized carbons (Fsp3) is 0.917. The first-order chi connectivity index (χ1) is 8.10. The smallest absolute Gasteiger partial charge is 0.241 e. The first kappa shape index (κ1) is 17.6. The number of methoxy groups -OCH3 is 2. The summed E-state index contributed by atoms with van der Waals surface area (Å²) < 4.78 is 10.2. The first-order valence-electron chi connectivity index (χ1n) is 6.14. The van der Waals surface area contributed by atoms with Gasteiger partial charge in [0.25, 0.3) is 0 Å². The third-order valence-electron chi connectivity index (χ3n) is 3.54. The molecule has 1 rings (SSSR count). The number of halogens is 1. The van der Waals surface area contributed by atoms with E-state index in [4.69, 9.17) is 15.2 Å². The number of carbonyl (C=O) groups excluding carboxylic acids is 1. The number of nitrogens with zero attached hydrogens (tertiary/aromatic N) is 1. The van der Waals surface area contributed by atoms with Crippen molar-refractivity contribution >= 4 is 18.3 Å². The van der Waals surface area contributed by atoms with E-state index < -0.39 is 6.04 Å². The Hall–Kier alpha value is -0.360. The molecule has 0 aliphatic heterocycles. The zero-order chi connectivity index (χ0) is 12.8. The van der Waals surface area contributed by atoms with Crippen molar-refractivity contribution in [1.82, 2.24) is 4.90 Å². The summed E-state index contributed by atoms with van der Waals surface area (Å²) in [4.78, 5) is 13.7. The van der Waals surface area contributed by atoms with Gasteiger partial charge in [0.05, 0.1) is 12.7 Å². The van der Waals surface area contributed by atoms with E-state index in [-0.39, 0.29) is 31.0 Å². The van der Waals surface area contributed by atoms with Crippen LogP contribution in [0.1, 0.15) is 25.7 Å². The van der Waals surface area contributed by atoms with E-state index in [0.29, 0.717) is 6.10 Å². The topological polar surface area (TPSA) is 64.8 Å². The lowest BCUT2D eigenvalue weighted by Gasteiger charge is -2.35. The second kappa shape index (κ2) is 8.69. The summed E-state index contributed by atoms with van der Waals surface area (Å²) in [5.74, 6) is -0.0345. The van der Waals surface area contributed by atoms with Gasteiger partial charge in [-0.05, 0) is 25.7 Å². The maximum Gasteiger partial charge on any atom is 0.241 e. The molecule has 5 nitrogen and oxygen atoms in total. The van der Waals surface area contributed by atoms with Gasteiger partial charge < -0.3 is 20.1 Å². The van der Waals surface area contributed by atoms with Gasteiger partial charge in [0.15, 0.2) is 0 Å². The van der Waals surface area contributed by atoms with Crippen LogP contribution in [0.3, 0.4) is 0 Å². The van der Waals surface area contributed by atoms with Gasteiger partial charge in [0.2, 0.25) is 5.91 Å². The summed E-state index contributed by atoms with van der Waals surface area (Å²) >= 11 is 0. The van der Waals surface area contributed by atoms with E-state index >= 15 is 0 Å². The van der Waals surface area contributed by atoms with Crippen LogP contribution in [0.25, 0.3) is 0 Å². The van der Waals surface area contributed by atoms with Crippen molar-refractivity contribution in [2.45, 2.75) is 43.9 Å². The number of nitrogens with two attached hydrogens (primary N) is 1. The number of amides is 1. The molecule has 18 heavy (non-hydrogen) atoms. The summed E-state index contributed by atoms with van der Waals surface area (Å²) in [6.07, 6.45) is 4.35. The summed E-state index contributed by atoms with van der Waals surface area (Å²) in [7, 11) is 5.13. The fourth-order valence-corrected chi connectivity index (χ4v) is 2.36. The molecule has 1 fully saturated rings. The molecule has 0 aromatic rings. The lowest BCUT2D eigenvalue weighted by Crippen LogP contribution is -2.49. The van der Waals surface area contributed by atoms with Gasteiger partial charge in [-0.1, -0.05) is 0 Å². The molecule has 0 bridgehead atoms. The Bertz CT molecular complexity index is 245. The van der Waals surface area contributed by atoms with Crippen LogP contribution in [0.5, 0.6) is 0 Å². The van der Waals surface area contributed by atoms with Crippen molar-refractivity contribution in [3.63, 3.8) is 0 Å². The van der Waals surface area contributed by atoms with Crippen molar-refractivity contribution in [2.75, 3.05) is 27.9 Å². The summed E-state index contributed by atoms with van der Waals surface area (Å²) in [6, 6.07) is -0.262. The van der Waals surface area contributed by atoms with Crippen LogP contribution < -0.4 is 5.73 Å². The normalized spacial score (nSPS) is 25.1. The van der Waals surface area contributed by atoms with Gasteiger partial charge in [-0.25, -0.2) is 0 Å². The number of rotatable bonds is 5. The van der Waals surface area contributed by atoms with E-state index in [0.717, 1.165) is 25.7 Å². The molecule has 1 saturated carbocycles. The minimum absolute atomic E-state index is 0. The van der Waals surface area contributed by atoms with Crippen LogP contribution in [0.4, 0.5) is 0 Å². The number of likely N-dealkylation sites (N-methyl/N-ethyl adjacent to an activating group) is 1. The largest absolute Gasteiger partial charge is 0.383 e. The SMILES string of the molecule is COCC(N)C(=O)N(C)C1CCC(OC)CC1.Cl. The lowest BCUT2D eigenvalue weighted by molar-refractivity contribution is -0.135. The standard InChI is InChI=1S/C12H24N2O3.ClH/c1-14(12(15)11(13)8-16-2)9-4-6-10(17-3)7-5-9;/h9-11H,4-8,13H2,1-3H3;1H. The Morgan fingerprint density at radius 2 is 1.89 bits per heavy atom. The summed E-state index contributed by atoms with van der Waals surface area (Å²) in [6.45, 7) is 0.274. The zero-order valence-corrected chi connectivity index (χ0v) is 12.2. The van der Waals surface area contributed by atoms with Crippen LogP contribution in [-0.2, 0) is 14.3 Å². The minimum atomic E-state index is -0.551. The third-order valence-corrected chi connectivity index (χ3v) is 3.54. The lowest BCUT2D eigenvalue weighted by atomic mass is 9.92. The van der Waals surface area contributed by atoms with Crippen LogP contribution in [0, 0.1) is 0 Å². The molecule has 1 atom stereocenters. The van der Waals surface area contributed by atoms with E-state index in [1.54, 1.807) is 19.1 Å². The quantitative estimate of drug-likeness (QED) is 0.809. The third kappa shape index (κ3) is 4.72. The molecule has 1 unspecified atom stereocenters. The average molecular weight is 281 g/mol. The predicted molar refractivity (Wildman–Crippen MR) is 72.9 cm³/mol. The Morgan fingerprint density at radius 1 is 1.33 bits per heavy atom. The molecule has 1 aliphatic rings. The highest BCUT2D eigenvalue weighted by Crippen LogP contribution is 2.24. The Kier molecular flexibility index (Phi) is 8.52. The molecule has 2 N–H and O–H groups in total. The molecule has 1 aliphatic carbocycles. The molecule has 6 heteroatoms. The minimum Gasteiger partial charge on any atom is -0.383 e. The zero-order valence-electron chi connectivity index (χ0n) is 11.4. The van der Waals surface area contributed by atoms with Crippen LogP contribution >= 0.6 is 12.4 Å². The second-order valence-electron chi connectivity index (χ2n) is 4.68. The molecular weight excluding hydrogens is 256 g/mol. The van der Waals surface area contributed by atoms with Gasteiger partial charge in [-0.2, -0.15) is 0 Å². The summed E-state index contributed by atoms with van der Waals surface area (Å²) in [5, 5.41) is 0. The first-order valence-corrected chi connectivity index (χ1v) is 6.14. The summed E-state index contributed by atoms with van der Waals surface area (Å²) in [5.41, 5.74) is 5.75. The van der Waals surface area contributed by atoms with Crippen LogP contribution in [-0.4, -0.2) is 56.9 Å².